The Morgan fingerprint density at radius 1 is 1.50 bits per heavy atom. The minimum Gasteiger partial charge on any atom is -0.383 e. The largest absolute Gasteiger partial charge is 0.383 e. The van der Waals surface area contributed by atoms with E-state index < -0.39 is 5.82 Å². The number of aryl methyl sites for hydroxylation is 1. The number of hydrogen-bond acceptors (Lipinski definition) is 2. The second-order valence-electron chi connectivity index (χ2n) is 4.40. The molecule has 0 aliphatic heterocycles. The van der Waals surface area contributed by atoms with Crippen LogP contribution in [0.25, 0.3) is 0 Å². The quantitative estimate of drug-likeness (QED) is 0.846. The summed E-state index contributed by atoms with van der Waals surface area (Å²) in [6.07, 6.45) is 1.75. The van der Waals surface area contributed by atoms with E-state index in [0.29, 0.717) is 6.61 Å². The van der Waals surface area contributed by atoms with Crippen LogP contribution in [0.15, 0.2) is 18.2 Å². The number of halogens is 1. The highest BCUT2D eigenvalue weighted by atomic mass is 19.1. The zero-order chi connectivity index (χ0) is 13.5. The van der Waals surface area contributed by atoms with Crippen LogP contribution in [-0.2, 0) is 4.74 Å². The van der Waals surface area contributed by atoms with Gasteiger partial charge < -0.3 is 10.1 Å². The van der Waals surface area contributed by atoms with Gasteiger partial charge >= 0.3 is 0 Å². The lowest BCUT2D eigenvalue weighted by Crippen LogP contribution is -2.38. The molecule has 1 amide bonds. The highest BCUT2D eigenvalue weighted by Gasteiger charge is 2.16. The van der Waals surface area contributed by atoms with Crippen LogP contribution in [0.1, 0.15) is 35.7 Å². The molecule has 4 heteroatoms. The average Bonchev–Trinajstić information content (AvgIpc) is 2.33. The molecule has 0 radical (unpaired) electrons. The number of carbonyl (C=O) groups excluding carboxylic acids is 1. The molecule has 0 saturated carbocycles. The molecule has 1 N–H and O–H groups in total. The lowest BCUT2D eigenvalue weighted by Gasteiger charge is -2.17. The summed E-state index contributed by atoms with van der Waals surface area (Å²) in [5.74, 6) is -0.877. The third-order valence-corrected chi connectivity index (χ3v) is 2.71. The number of nitrogens with one attached hydrogen (secondary N) is 1. The first-order valence-electron chi connectivity index (χ1n) is 6.14. The highest BCUT2D eigenvalue weighted by Crippen LogP contribution is 2.10. The van der Waals surface area contributed by atoms with Gasteiger partial charge in [0.05, 0.1) is 18.2 Å². The zero-order valence-corrected chi connectivity index (χ0v) is 11.1. The van der Waals surface area contributed by atoms with Crippen LogP contribution < -0.4 is 5.32 Å². The highest BCUT2D eigenvalue weighted by molar-refractivity contribution is 5.94. The maximum atomic E-state index is 13.6. The first kappa shape index (κ1) is 14.6. The van der Waals surface area contributed by atoms with Gasteiger partial charge in [0.2, 0.25) is 0 Å². The number of amides is 1. The molecule has 0 spiro atoms. The predicted octanol–water partition coefficient (Wildman–Crippen LogP) is 2.68. The lowest BCUT2D eigenvalue weighted by molar-refractivity contribution is 0.0887. The monoisotopic (exact) mass is 253 g/mol. The lowest BCUT2D eigenvalue weighted by atomic mass is 10.1. The van der Waals surface area contributed by atoms with Gasteiger partial charge in [-0.1, -0.05) is 25.0 Å². The van der Waals surface area contributed by atoms with Crippen LogP contribution in [-0.4, -0.2) is 25.7 Å². The molecule has 0 fully saturated rings. The molecule has 3 nitrogen and oxygen atoms in total. The molecule has 0 aliphatic carbocycles. The van der Waals surface area contributed by atoms with E-state index in [1.807, 2.05) is 13.8 Å². The normalized spacial score (nSPS) is 12.2. The fraction of sp³-hybridized carbons (Fsp3) is 0.500. The molecule has 0 aromatic heterocycles. The Bertz CT molecular complexity index is 401. The predicted molar refractivity (Wildman–Crippen MR) is 69.2 cm³/mol. The van der Waals surface area contributed by atoms with Crippen LogP contribution >= 0.6 is 0 Å². The molecule has 0 saturated heterocycles. The van der Waals surface area contributed by atoms with E-state index in [-0.39, 0.29) is 17.5 Å². The van der Waals surface area contributed by atoms with E-state index in [2.05, 4.69) is 5.32 Å². The molecule has 100 valence electrons. The molecule has 1 rings (SSSR count). The molecule has 0 heterocycles. The van der Waals surface area contributed by atoms with Gasteiger partial charge in [0.25, 0.3) is 5.91 Å². The van der Waals surface area contributed by atoms with Crippen LogP contribution in [0.3, 0.4) is 0 Å². The minimum absolute atomic E-state index is 0.0765. The van der Waals surface area contributed by atoms with Crippen LogP contribution in [0, 0.1) is 12.7 Å². The number of carbonyl (C=O) groups is 1. The van der Waals surface area contributed by atoms with Crippen LogP contribution in [0.5, 0.6) is 0 Å². The number of methoxy groups -OCH3 is 1. The van der Waals surface area contributed by atoms with Crippen molar-refractivity contribution in [2.45, 2.75) is 32.7 Å². The number of hydrogen-bond donors (Lipinski definition) is 1. The molecule has 18 heavy (non-hydrogen) atoms. The Morgan fingerprint density at radius 3 is 2.83 bits per heavy atom. The van der Waals surface area contributed by atoms with Crippen molar-refractivity contribution in [2.75, 3.05) is 13.7 Å². The van der Waals surface area contributed by atoms with Gasteiger partial charge in [-0.2, -0.15) is 0 Å². The fourth-order valence-electron chi connectivity index (χ4n) is 1.82. The smallest absolute Gasteiger partial charge is 0.254 e. The maximum Gasteiger partial charge on any atom is 0.254 e. The summed E-state index contributed by atoms with van der Waals surface area (Å²) in [5, 5.41) is 2.80. The molecule has 1 aromatic rings. The van der Waals surface area contributed by atoms with E-state index in [1.165, 1.54) is 6.07 Å². The summed E-state index contributed by atoms with van der Waals surface area (Å²) < 4.78 is 18.6. The van der Waals surface area contributed by atoms with E-state index in [0.717, 1.165) is 18.4 Å². The third kappa shape index (κ3) is 4.11. The van der Waals surface area contributed by atoms with Crippen molar-refractivity contribution in [1.29, 1.82) is 0 Å². The topological polar surface area (TPSA) is 38.3 Å². The van der Waals surface area contributed by atoms with E-state index in [9.17, 15) is 9.18 Å². The molecular formula is C14H20FNO2. The van der Waals surface area contributed by atoms with Gasteiger partial charge in [0.15, 0.2) is 0 Å². The Hall–Kier alpha value is -1.42. The molecule has 1 unspecified atom stereocenters. The van der Waals surface area contributed by atoms with E-state index in [4.69, 9.17) is 4.74 Å². The number of rotatable bonds is 6. The maximum absolute atomic E-state index is 13.6. The van der Waals surface area contributed by atoms with Crippen molar-refractivity contribution in [3.8, 4) is 0 Å². The summed E-state index contributed by atoms with van der Waals surface area (Å²) in [7, 11) is 1.59. The molecule has 0 bridgehead atoms. The van der Waals surface area contributed by atoms with Gasteiger partial charge in [-0.3, -0.25) is 4.79 Å². The van der Waals surface area contributed by atoms with E-state index in [1.54, 1.807) is 19.2 Å². The van der Waals surface area contributed by atoms with Gasteiger partial charge in [0, 0.05) is 7.11 Å². The summed E-state index contributed by atoms with van der Waals surface area (Å²) >= 11 is 0. The summed E-state index contributed by atoms with van der Waals surface area (Å²) in [5.41, 5.74) is 0.951. The first-order chi connectivity index (χ1) is 8.58. The van der Waals surface area contributed by atoms with Crippen molar-refractivity contribution in [2.24, 2.45) is 0 Å². The standard InChI is InChI=1S/C14H20FNO2/c1-4-5-11(9-18-3)16-14(17)12-8-10(2)6-7-13(12)15/h6-8,11H,4-5,9H2,1-3H3,(H,16,17). The fourth-order valence-corrected chi connectivity index (χ4v) is 1.82. The second-order valence-corrected chi connectivity index (χ2v) is 4.40. The molecular weight excluding hydrogens is 233 g/mol. The number of benzene rings is 1. The van der Waals surface area contributed by atoms with Gasteiger partial charge in [-0.15, -0.1) is 0 Å². The van der Waals surface area contributed by atoms with Gasteiger partial charge in [0.1, 0.15) is 5.82 Å². The zero-order valence-electron chi connectivity index (χ0n) is 11.1. The Morgan fingerprint density at radius 2 is 2.22 bits per heavy atom. The molecule has 1 atom stereocenters. The SMILES string of the molecule is CCCC(COC)NC(=O)c1cc(C)ccc1F. The average molecular weight is 253 g/mol. The number of ether oxygens (including phenoxy) is 1. The Balaban J connectivity index is 2.76. The van der Waals surface area contributed by atoms with Crippen molar-refractivity contribution in [1.82, 2.24) is 5.32 Å². The van der Waals surface area contributed by atoms with Crippen LogP contribution in [0.4, 0.5) is 4.39 Å². The van der Waals surface area contributed by atoms with Crippen LogP contribution in [0.2, 0.25) is 0 Å². The second kappa shape index (κ2) is 7.11. The molecule has 1 aromatic carbocycles. The van der Waals surface area contributed by atoms with Crippen molar-refractivity contribution >= 4 is 5.91 Å². The summed E-state index contributed by atoms with van der Waals surface area (Å²) in [6.45, 7) is 4.30. The van der Waals surface area contributed by atoms with E-state index >= 15 is 0 Å². The Kier molecular flexibility index (Phi) is 5.78. The third-order valence-electron chi connectivity index (χ3n) is 2.71. The van der Waals surface area contributed by atoms with Crippen molar-refractivity contribution in [3.63, 3.8) is 0 Å². The van der Waals surface area contributed by atoms with Gasteiger partial charge in [-0.05, 0) is 25.5 Å². The minimum atomic E-state index is -0.495. The summed E-state index contributed by atoms with van der Waals surface area (Å²) in [6, 6.07) is 4.44. The molecule has 0 aliphatic rings. The van der Waals surface area contributed by atoms with Crippen molar-refractivity contribution < 1.29 is 13.9 Å². The summed E-state index contributed by atoms with van der Waals surface area (Å²) in [4.78, 5) is 12.0. The Labute approximate surface area is 107 Å². The van der Waals surface area contributed by atoms with Crippen molar-refractivity contribution in [3.05, 3.63) is 35.1 Å². The first-order valence-corrected chi connectivity index (χ1v) is 6.14. The van der Waals surface area contributed by atoms with Gasteiger partial charge in [-0.25, -0.2) is 4.39 Å².